The lowest BCUT2D eigenvalue weighted by molar-refractivity contribution is 0.0900. The zero-order chi connectivity index (χ0) is 21.1. The first kappa shape index (κ1) is 20.5. The largest absolute Gasteiger partial charge is 0.355 e. The van der Waals surface area contributed by atoms with Crippen LogP contribution in [0, 0.1) is 11.6 Å². The Bertz CT molecular complexity index is 1050. The zero-order valence-electron chi connectivity index (χ0n) is 16.1. The van der Waals surface area contributed by atoms with Crippen molar-refractivity contribution >= 4 is 17.5 Å². The van der Waals surface area contributed by atoms with Crippen molar-refractivity contribution in [3.05, 3.63) is 76.4 Å². The van der Waals surface area contributed by atoms with E-state index in [0.717, 1.165) is 43.1 Å². The van der Waals surface area contributed by atoms with Crippen molar-refractivity contribution < 1.29 is 18.1 Å². The molecule has 2 aromatic carbocycles. The van der Waals surface area contributed by atoms with E-state index in [1.807, 2.05) is 6.07 Å². The van der Waals surface area contributed by atoms with E-state index in [2.05, 4.69) is 15.4 Å². The molecule has 0 aliphatic carbocycles. The minimum absolute atomic E-state index is 0.0185. The van der Waals surface area contributed by atoms with Crippen LogP contribution in [0.1, 0.15) is 28.9 Å². The van der Waals surface area contributed by atoms with E-state index in [4.69, 9.17) is 16.1 Å². The van der Waals surface area contributed by atoms with Crippen LogP contribution >= 0.6 is 11.6 Å². The summed E-state index contributed by atoms with van der Waals surface area (Å²) in [5, 5.41) is 7.43. The van der Waals surface area contributed by atoms with E-state index in [1.165, 1.54) is 6.07 Å². The molecule has 1 aliphatic heterocycles. The highest BCUT2D eigenvalue weighted by molar-refractivity contribution is 6.30. The van der Waals surface area contributed by atoms with Crippen LogP contribution in [0.3, 0.4) is 0 Å². The number of piperidine rings is 1. The molecule has 1 saturated heterocycles. The predicted molar refractivity (Wildman–Crippen MR) is 109 cm³/mol. The molecule has 0 atom stereocenters. The van der Waals surface area contributed by atoms with Crippen molar-refractivity contribution in [2.75, 3.05) is 13.1 Å². The molecule has 1 aliphatic rings. The fourth-order valence-electron chi connectivity index (χ4n) is 3.55. The maximum absolute atomic E-state index is 13.4. The molecule has 1 N–H and O–H groups in total. The summed E-state index contributed by atoms with van der Waals surface area (Å²) >= 11 is 5.99. The summed E-state index contributed by atoms with van der Waals surface area (Å²) in [6.45, 7) is 2.04. The SMILES string of the molecule is O=C(NC1CCN(Cc2ccc(F)c(F)c2)CC1)c1cc(-c2cccc(Cl)c2)on1. The first-order valence-corrected chi connectivity index (χ1v) is 10.1. The average Bonchev–Trinajstić information content (AvgIpc) is 3.23. The number of amides is 1. The van der Waals surface area contributed by atoms with Crippen molar-refractivity contribution in [3.8, 4) is 11.3 Å². The van der Waals surface area contributed by atoms with Gasteiger partial charge in [-0.2, -0.15) is 0 Å². The number of hydrogen-bond donors (Lipinski definition) is 1. The minimum Gasteiger partial charge on any atom is -0.355 e. The fourth-order valence-corrected chi connectivity index (χ4v) is 3.74. The Kier molecular flexibility index (Phi) is 6.11. The van der Waals surface area contributed by atoms with Gasteiger partial charge in [0.15, 0.2) is 23.1 Å². The van der Waals surface area contributed by atoms with Crippen molar-refractivity contribution in [2.45, 2.75) is 25.4 Å². The summed E-state index contributed by atoms with van der Waals surface area (Å²) in [6, 6.07) is 12.7. The lowest BCUT2D eigenvalue weighted by Crippen LogP contribution is -2.44. The zero-order valence-corrected chi connectivity index (χ0v) is 16.8. The lowest BCUT2D eigenvalue weighted by Gasteiger charge is -2.32. The van der Waals surface area contributed by atoms with Gasteiger partial charge in [-0.3, -0.25) is 9.69 Å². The molecule has 3 aromatic rings. The van der Waals surface area contributed by atoms with Crippen molar-refractivity contribution in [3.63, 3.8) is 0 Å². The Hall–Kier alpha value is -2.77. The molecule has 1 fully saturated rings. The molecule has 4 rings (SSSR count). The third-order valence-corrected chi connectivity index (χ3v) is 5.40. The van der Waals surface area contributed by atoms with Gasteiger partial charge in [0.1, 0.15) is 0 Å². The summed E-state index contributed by atoms with van der Waals surface area (Å²) in [6.07, 6.45) is 1.52. The lowest BCUT2D eigenvalue weighted by atomic mass is 10.0. The number of hydrogen-bond acceptors (Lipinski definition) is 4. The van der Waals surface area contributed by atoms with E-state index in [0.29, 0.717) is 17.3 Å². The Morgan fingerprint density at radius 1 is 1.13 bits per heavy atom. The van der Waals surface area contributed by atoms with Gasteiger partial charge in [0, 0.05) is 42.3 Å². The number of aromatic nitrogens is 1. The number of benzene rings is 2. The Labute approximate surface area is 177 Å². The second-order valence-electron chi connectivity index (χ2n) is 7.36. The van der Waals surface area contributed by atoms with Gasteiger partial charge in [-0.15, -0.1) is 0 Å². The molecule has 0 spiro atoms. The van der Waals surface area contributed by atoms with Crippen LogP contribution < -0.4 is 5.32 Å². The Balaban J connectivity index is 1.30. The summed E-state index contributed by atoms with van der Waals surface area (Å²) < 4.78 is 31.7. The third kappa shape index (κ3) is 4.86. The summed E-state index contributed by atoms with van der Waals surface area (Å²) in [5.41, 5.74) is 1.70. The highest BCUT2D eigenvalue weighted by atomic mass is 35.5. The maximum atomic E-state index is 13.4. The Morgan fingerprint density at radius 2 is 1.93 bits per heavy atom. The van der Waals surface area contributed by atoms with Crippen LogP contribution in [0.4, 0.5) is 8.78 Å². The highest BCUT2D eigenvalue weighted by Crippen LogP contribution is 2.23. The van der Waals surface area contributed by atoms with Crippen LogP contribution in [-0.4, -0.2) is 35.1 Å². The summed E-state index contributed by atoms with van der Waals surface area (Å²) in [5.74, 6) is -1.49. The summed E-state index contributed by atoms with van der Waals surface area (Å²) in [4.78, 5) is 14.7. The number of nitrogens with one attached hydrogen (secondary N) is 1. The number of likely N-dealkylation sites (tertiary alicyclic amines) is 1. The molecule has 0 bridgehead atoms. The van der Waals surface area contributed by atoms with Crippen molar-refractivity contribution in [1.29, 1.82) is 0 Å². The first-order valence-electron chi connectivity index (χ1n) is 9.68. The van der Waals surface area contributed by atoms with Crippen molar-refractivity contribution in [1.82, 2.24) is 15.4 Å². The van der Waals surface area contributed by atoms with Gasteiger partial charge < -0.3 is 9.84 Å². The standard InChI is InChI=1S/C22H20ClF2N3O2/c23-16-3-1-2-15(11-16)21-12-20(27-30-21)22(29)26-17-6-8-28(9-7-17)13-14-4-5-18(24)19(25)10-14/h1-5,10-12,17H,6-9,13H2,(H,26,29). The number of rotatable bonds is 5. The second kappa shape index (κ2) is 8.93. The molecular weight excluding hydrogens is 412 g/mol. The first-order chi connectivity index (χ1) is 14.5. The topological polar surface area (TPSA) is 58.4 Å². The van der Waals surface area contributed by atoms with E-state index >= 15 is 0 Å². The molecule has 8 heteroatoms. The van der Waals surface area contributed by atoms with E-state index in [1.54, 1.807) is 30.3 Å². The van der Waals surface area contributed by atoms with E-state index in [9.17, 15) is 13.6 Å². The van der Waals surface area contributed by atoms with E-state index in [-0.39, 0.29) is 17.6 Å². The number of nitrogens with zero attached hydrogens (tertiary/aromatic N) is 2. The molecule has 1 aromatic heterocycles. The molecule has 5 nitrogen and oxygen atoms in total. The van der Waals surface area contributed by atoms with Gasteiger partial charge in [0.25, 0.3) is 5.91 Å². The smallest absolute Gasteiger partial charge is 0.273 e. The number of halogens is 3. The van der Waals surface area contributed by atoms with E-state index < -0.39 is 11.6 Å². The second-order valence-corrected chi connectivity index (χ2v) is 7.80. The molecule has 156 valence electrons. The Morgan fingerprint density at radius 3 is 2.67 bits per heavy atom. The average molecular weight is 432 g/mol. The van der Waals surface area contributed by atoms with Crippen LogP contribution in [0.5, 0.6) is 0 Å². The summed E-state index contributed by atoms with van der Waals surface area (Å²) in [7, 11) is 0. The number of carbonyl (C=O) groups excluding carboxylic acids is 1. The fraction of sp³-hybridized carbons (Fsp3) is 0.273. The maximum Gasteiger partial charge on any atom is 0.273 e. The van der Waals surface area contributed by atoms with Gasteiger partial charge in [-0.1, -0.05) is 35.0 Å². The van der Waals surface area contributed by atoms with Crippen LogP contribution in [0.15, 0.2) is 53.1 Å². The predicted octanol–water partition coefficient (Wildman–Crippen LogP) is 4.67. The van der Waals surface area contributed by atoms with Gasteiger partial charge in [-0.05, 0) is 42.7 Å². The molecule has 0 saturated carbocycles. The minimum atomic E-state index is -0.841. The van der Waals surface area contributed by atoms with Crippen LogP contribution in [-0.2, 0) is 6.54 Å². The molecule has 2 heterocycles. The number of carbonyl (C=O) groups is 1. The quantitative estimate of drug-likeness (QED) is 0.638. The molecule has 30 heavy (non-hydrogen) atoms. The molecule has 0 unspecified atom stereocenters. The molecular formula is C22H20ClF2N3O2. The molecule has 1 amide bonds. The highest BCUT2D eigenvalue weighted by Gasteiger charge is 2.23. The third-order valence-electron chi connectivity index (χ3n) is 5.16. The van der Waals surface area contributed by atoms with Gasteiger partial charge >= 0.3 is 0 Å². The van der Waals surface area contributed by atoms with Crippen LogP contribution in [0.25, 0.3) is 11.3 Å². The molecule has 0 radical (unpaired) electrons. The van der Waals surface area contributed by atoms with Gasteiger partial charge in [0.2, 0.25) is 0 Å². The van der Waals surface area contributed by atoms with Crippen LogP contribution in [0.2, 0.25) is 5.02 Å². The van der Waals surface area contributed by atoms with Gasteiger partial charge in [-0.25, -0.2) is 8.78 Å². The monoisotopic (exact) mass is 431 g/mol. The van der Waals surface area contributed by atoms with Crippen molar-refractivity contribution in [2.24, 2.45) is 0 Å². The van der Waals surface area contributed by atoms with Gasteiger partial charge in [0.05, 0.1) is 0 Å². The normalized spacial score (nSPS) is 15.3.